The number of benzene rings is 1. The lowest BCUT2D eigenvalue weighted by molar-refractivity contribution is 0.297. The highest BCUT2D eigenvalue weighted by atomic mass is 19.1. The molecule has 0 spiro atoms. The molecule has 1 aromatic carbocycles. The van der Waals surface area contributed by atoms with Gasteiger partial charge in [0, 0.05) is 68.4 Å². The lowest BCUT2D eigenvalue weighted by Crippen LogP contribution is -2.25. The van der Waals surface area contributed by atoms with Crippen LogP contribution in [-0.4, -0.2) is 53.0 Å². The second-order valence-corrected chi connectivity index (χ2v) is 9.20. The number of rotatable bonds is 11. The number of nitrogens with two attached hydrogens (primary N) is 1. The topological polar surface area (TPSA) is 122 Å². The maximum absolute atomic E-state index is 15.3. The van der Waals surface area contributed by atoms with Gasteiger partial charge in [-0.25, -0.2) is 14.4 Å². The van der Waals surface area contributed by atoms with Gasteiger partial charge in [0.25, 0.3) is 0 Å². The molecule has 0 unspecified atom stereocenters. The van der Waals surface area contributed by atoms with E-state index in [9.17, 15) is 0 Å². The Morgan fingerprint density at radius 2 is 2.08 bits per heavy atom. The summed E-state index contributed by atoms with van der Waals surface area (Å²) < 4.78 is 23.1. The Morgan fingerprint density at radius 1 is 1.30 bits per heavy atom. The molecule has 0 saturated carbocycles. The average Bonchev–Trinajstić information content (AvgIpc) is 3.61. The number of halogens is 1. The minimum Gasteiger partial charge on any atom is -0.492 e. The Hall–Kier alpha value is -4.67. The second kappa shape index (κ2) is 13.9. The van der Waals surface area contributed by atoms with E-state index in [1.807, 2.05) is 43.7 Å². The molecule has 0 aliphatic carbocycles. The van der Waals surface area contributed by atoms with Crippen LogP contribution in [0.3, 0.4) is 0 Å². The molecule has 3 aromatic rings. The van der Waals surface area contributed by atoms with Crippen molar-refractivity contribution in [3.8, 4) is 0 Å². The highest BCUT2D eigenvalue weighted by Crippen LogP contribution is 2.29. The van der Waals surface area contributed by atoms with E-state index < -0.39 is 0 Å². The Kier molecular flexibility index (Phi) is 10.4. The number of nitrogens with zero attached hydrogens (tertiary/aromatic N) is 6. The van der Waals surface area contributed by atoms with Crippen LogP contribution in [0.1, 0.15) is 38.4 Å². The van der Waals surface area contributed by atoms with E-state index in [0.29, 0.717) is 41.0 Å². The lowest BCUT2D eigenvalue weighted by Gasteiger charge is -2.22. The standard InChI is InChI=1S/C29H38FN9O/c1-8-19(2)27(23(15-31)16-32-5)28(40-7)29(35-26-13-20(3)36-37-26)34-21(4)38(6)25-10-9-22(14-24(25)30)17-39-12-11-33-18-39/h9-16,18H,8,17,31H2,1-7H3,(H2,35,36,37)/b23-15+,27-19+,29-28-,32-16?,34-21+. The molecule has 2 heterocycles. The van der Waals surface area contributed by atoms with Crippen molar-refractivity contribution in [3.63, 3.8) is 0 Å². The summed E-state index contributed by atoms with van der Waals surface area (Å²) >= 11 is 0. The first-order chi connectivity index (χ1) is 19.2. The molecule has 10 nitrogen and oxygen atoms in total. The predicted octanol–water partition coefficient (Wildman–Crippen LogP) is 5.15. The highest BCUT2D eigenvalue weighted by molar-refractivity contribution is 5.96. The van der Waals surface area contributed by atoms with Crippen molar-refractivity contribution in [2.75, 3.05) is 31.4 Å². The van der Waals surface area contributed by atoms with Crippen molar-refractivity contribution < 1.29 is 9.13 Å². The molecule has 0 amide bonds. The number of nitrogens with one attached hydrogen (secondary N) is 2. The van der Waals surface area contributed by atoms with Gasteiger partial charge in [-0.05, 0) is 44.9 Å². The molecule has 0 fully saturated rings. The molecule has 0 radical (unpaired) electrons. The number of aromatic nitrogens is 4. The van der Waals surface area contributed by atoms with E-state index in [0.717, 1.165) is 28.8 Å². The second-order valence-electron chi connectivity index (χ2n) is 9.20. The number of anilines is 2. The van der Waals surface area contributed by atoms with Gasteiger partial charge in [-0.15, -0.1) is 0 Å². The maximum atomic E-state index is 15.3. The SMILES string of the molecule is CC/C(C)=C(C(\C=NC)=C\N)/C(OC)=C(\N=C(/C)N(C)c1ccc(Cn2ccnc2)cc1F)Nc1cc(C)[nH]n1. The van der Waals surface area contributed by atoms with E-state index in [2.05, 4.69) is 25.5 Å². The van der Waals surface area contributed by atoms with Crippen LogP contribution in [0.2, 0.25) is 0 Å². The number of ether oxygens (including phenoxy) is 1. The van der Waals surface area contributed by atoms with Crippen LogP contribution >= 0.6 is 0 Å². The van der Waals surface area contributed by atoms with Gasteiger partial charge in [0.05, 0.1) is 19.1 Å². The van der Waals surface area contributed by atoms with Crippen molar-refractivity contribution in [3.05, 3.63) is 94.6 Å². The fourth-order valence-electron chi connectivity index (χ4n) is 4.06. The number of imidazole rings is 1. The van der Waals surface area contributed by atoms with Gasteiger partial charge < -0.3 is 25.3 Å². The van der Waals surface area contributed by atoms with Crippen molar-refractivity contribution in [1.29, 1.82) is 0 Å². The van der Waals surface area contributed by atoms with E-state index >= 15 is 4.39 Å². The largest absolute Gasteiger partial charge is 0.492 e. The fraction of sp³-hybridized carbons (Fsp3) is 0.310. The third-order valence-electron chi connectivity index (χ3n) is 6.35. The van der Waals surface area contributed by atoms with Gasteiger partial charge >= 0.3 is 0 Å². The molecule has 4 N–H and O–H groups in total. The number of H-pyrrole nitrogens is 1. The van der Waals surface area contributed by atoms with Gasteiger partial charge in [0.1, 0.15) is 11.7 Å². The first kappa shape index (κ1) is 29.9. The summed E-state index contributed by atoms with van der Waals surface area (Å²) in [4.78, 5) is 14.8. The zero-order chi connectivity index (χ0) is 29.2. The van der Waals surface area contributed by atoms with Crippen molar-refractivity contribution in [1.82, 2.24) is 19.7 Å². The Morgan fingerprint density at radius 3 is 2.62 bits per heavy atom. The maximum Gasteiger partial charge on any atom is 0.176 e. The molecule has 40 heavy (non-hydrogen) atoms. The lowest BCUT2D eigenvalue weighted by atomic mass is 9.98. The predicted molar refractivity (Wildman–Crippen MR) is 160 cm³/mol. The Balaban J connectivity index is 2.10. The van der Waals surface area contributed by atoms with E-state index in [1.54, 1.807) is 57.8 Å². The minimum absolute atomic E-state index is 0.363. The monoisotopic (exact) mass is 547 g/mol. The van der Waals surface area contributed by atoms with Gasteiger partial charge in [0.2, 0.25) is 0 Å². The summed E-state index contributed by atoms with van der Waals surface area (Å²) in [6.45, 7) is 8.27. The van der Waals surface area contributed by atoms with Crippen LogP contribution in [0.15, 0.2) is 87.5 Å². The van der Waals surface area contributed by atoms with Crippen LogP contribution < -0.4 is 16.0 Å². The van der Waals surface area contributed by atoms with Crippen molar-refractivity contribution >= 4 is 23.6 Å². The quantitative estimate of drug-likeness (QED) is 0.132. The number of hydrogen-bond donors (Lipinski definition) is 3. The molecule has 0 bridgehead atoms. The Bertz CT molecular complexity index is 1450. The van der Waals surface area contributed by atoms with Crippen LogP contribution in [0.4, 0.5) is 15.9 Å². The number of aromatic amines is 1. The van der Waals surface area contributed by atoms with Gasteiger partial charge in [-0.2, -0.15) is 5.10 Å². The summed E-state index contributed by atoms with van der Waals surface area (Å²) in [6.07, 6.45) is 9.13. The smallest absolute Gasteiger partial charge is 0.176 e. The molecule has 0 aliphatic rings. The number of amidine groups is 1. The van der Waals surface area contributed by atoms with Crippen molar-refractivity contribution in [2.24, 2.45) is 15.7 Å². The molecule has 0 atom stereocenters. The number of hydrogen-bond acceptors (Lipinski definition) is 7. The van der Waals surface area contributed by atoms with Gasteiger partial charge in [-0.1, -0.05) is 18.6 Å². The van der Waals surface area contributed by atoms with Crippen LogP contribution in [0.5, 0.6) is 0 Å². The van der Waals surface area contributed by atoms with Gasteiger partial charge in [-0.3, -0.25) is 10.1 Å². The summed E-state index contributed by atoms with van der Waals surface area (Å²) in [7, 11) is 5.01. The summed E-state index contributed by atoms with van der Waals surface area (Å²) in [6, 6.07) is 7.00. The van der Waals surface area contributed by atoms with E-state index in [1.165, 1.54) is 12.3 Å². The number of allylic oxidation sites excluding steroid dienone is 2. The molecule has 2 aromatic heterocycles. The zero-order valence-corrected chi connectivity index (χ0v) is 24.2. The number of methoxy groups -OCH3 is 1. The minimum atomic E-state index is -0.363. The molecule has 0 saturated heterocycles. The molecule has 0 aliphatic heterocycles. The summed E-state index contributed by atoms with van der Waals surface area (Å²) in [5, 5.41) is 10.5. The number of aryl methyl sites for hydroxylation is 1. The molecular formula is C29H38FN9O. The zero-order valence-electron chi connectivity index (χ0n) is 24.2. The van der Waals surface area contributed by atoms with Crippen LogP contribution in [0, 0.1) is 12.7 Å². The van der Waals surface area contributed by atoms with Gasteiger partial charge in [0.15, 0.2) is 17.4 Å². The molecule has 3 rings (SSSR count). The Labute approximate surface area is 234 Å². The van der Waals surface area contributed by atoms with Crippen molar-refractivity contribution in [2.45, 2.75) is 40.7 Å². The third-order valence-corrected chi connectivity index (χ3v) is 6.35. The average molecular weight is 548 g/mol. The van der Waals surface area contributed by atoms with Crippen LogP contribution in [-0.2, 0) is 11.3 Å². The highest BCUT2D eigenvalue weighted by Gasteiger charge is 2.21. The normalized spacial score (nSPS) is 13.8. The van der Waals surface area contributed by atoms with Crippen LogP contribution in [0.25, 0.3) is 0 Å². The third kappa shape index (κ3) is 7.25. The summed E-state index contributed by atoms with van der Waals surface area (Å²) in [5.74, 6) is 1.52. The summed E-state index contributed by atoms with van der Waals surface area (Å²) in [5.41, 5.74) is 10.5. The molecule has 11 heteroatoms. The first-order valence-corrected chi connectivity index (χ1v) is 12.9. The first-order valence-electron chi connectivity index (χ1n) is 12.9. The molecular weight excluding hydrogens is 509 g/mol. The van der Waals surface area contributed by atoms with E-state index in [-0.39, 0.29) is 5.82 Å². The molecule has 212 valence electrons. The fourth-order valence-corrected chi connectivity index (χ4v) is 4.06. The number of aliphatic imine (C=N–C) groups is 2. The van der Waals surface area contributed by atoms with E-state index in [4.69, 9.17) is 15.5 Å².